The summed E-state index contributed by atoms with van der Waals surface area (Å²) in [7, 11) is 0. The van der Waals surface area contributed by atoms with Crippen LogP contribution < -0.4 is 9.47 Å². The molecule has 5 rings (SSSR count). The zero-order chi connectivity index (χ0) is 21.0. The van der Waals surface area contributed by atoms with Crippen LogP contribution in [-0.4, -0.2) is 36.2 Å². The van der Waals surface area contributed by atoms with Crippen molar-refractivity contribution in [3.8, 4) is 33.4 Å². The van der Waals surface area contributed by atoms with E-state index in [2.05, 4.69) is 17.0 Å². The number of hydrogen-bond acceptors (Lipinski definition) is 5. The van der Waals surface area contributed by atoms with Crippen molar-refractivity contribution in [3.05, 3.63) is 72.8 Å². The Kier molecular flexibility index (Phi) is 5.78. The van der Waals surface area contributed by atoms with E-state index in [1.54, 1.807) is 23.5 Å². The van der Waals surface area contributed by atoms with Crippen LogP contribution in [-0.2, 0) is 0 Å². The Morgan fingerprint density at radius 1 is 0.839 bits per heavy atom. The van der Waals surface area contributed by atoms with Gasteiger partial charge in [-0.2, -0.15) is 0 Å². The van der Waals surface area contributed by atoms with Gasteiger partial charge < -0.3 is 14.6 Å². The predicted octanol–water partition coefficient (Wildman–Crippen LogP) is 6.54. The van der Waals surface area contributed by atoms with Crippen molar-refractivity contribution in [2.24, 2.45) is 0 Å². The maximum absolute atomic E-state index is 9.65. The zero-order valence-electron chi connectivity index (χ0n) is 17.3. The van der Waals surface area contributed by atoms with Crippen molar-refractivity contribution >= 4 is 21.4 Å². The smallest absolute Gasteiger partial charge is 0.153 e. The van der Waals surface area contributed by atoms with Gasteiger partial charge in [0.2, 0.25) is 0 Å². The number of phenolic OH excluding ortho intramolecular Hbond substituents is 1. The molecule has 0 radical (unpaired) electrons. The second kappa shape index (κ2) is 9.00. The summed E-state index contributed by atoms with van der Waals surface area (Å²) in [5.74, 6) is 2.73. The second-order valence-electron chi connectivity index (χ2n) is 7.77. The Hall–Kier alpha value is -3.02. The lowest BCUT2D eigenvalue weighted by molar-refractivity contribution is 0.237. The van der Waals surface area contributed by atoms with Crippen LogP contribution in [0.5, 0.6) is 23.0 Å². The van der Waals surface area contributed by atoms with Crippen LogP contribution in [0.15, 0.2) is 72.8 Å². The molecule has 1 aliphatic rings. The Labute approximate surface area is 186 Å². The molecule has 1 saturated heterocycles. The van der Waals surface area contributed by atoms with Gasteiger partial charge in [-0.15, -0.1) is 11.3 Å². The molecule has 4 aromatic rings. The lowest BCUT2D eigenvalue weighted by atomic mass is 10.1. The highest BCUT2D eigenvalue weighted by atomic mass is 32.1. The lowest BCUT2D eigenvalue weighted by Gasteiger charge is -2.15. The number of rotatable bonds is 7. The molecule has 3 aromatic carbocycles. The molecule has 0 saturated carbocycles. The van der Waals surface area contributed by atoms with E-state index in [0.717, 1.165) is 39.6 Å². The van der Waals surface area contributed by atoms with E-state index in [1.165, 1.54) is 30.6 Å². The molecule has 0 aliphatic carbocycles. The van der Waals surface area contributed by atoms with Crippen molar-refractivity contribution in [1.29, 1.82) is 0 Å². The summed E-state index contributed by atoms with van der Waals surface area (Å²) >= 11 is 1.69. The molecule has 5 heteroatoms. The highest BCUT2D eigenvalue weighted by Crippen LogP contribution is 2.46. The largest absolute Gasteiger partial charge is 0.508 e. The molecular formula is C26H25NO3S. The van der Waals surface area contributed by atoms with Crippen molar-refractivity contribution in [2.75, 3.05) is 26.2 Å². The zero-order valence-corrected chi connectivity index (χ0v) is 18.1. The first-order chi connectivity index (χ1) is 15.3. The van der Waals surface area contributed by atoms with Gasteiger partial charge in [0, 0.05) is 16.6 Å². The second-order valence-corrected chi connectivity index (χ2v) is 8.83. The molecule has 1 aromatic heterocycles. The summed E-state index contributed by atoms with van der Waals surface area (Å²) in [4.78, 5) is 3.50. The van der Waals surface area contributed by atoms with Crippen LogP contribution in [0, 0.1) is 0 Å². The quantitative estimate of drug-likeness (QED) is 0.361. The molecule has 0 unspecified atom stereocenters. The van der Waals surface area contributed by atoms with Gasteiger partial charge in [0.1, 0.15) is 23.9 Å². The first-order valence-electron chi connectivity index (χ1n) is 10.7. The Morgan fingerprint density at radius 2 is 1.55 bits per heavy atom. The van der Waals surface area contributed by atoms with Crippen molar-refractivity contribution in [1.82, 2.24) is 4.90 Å². The summed E-state index contributed by atoms with van der Waals surface area (Å²) in [6.45, 7) is 4.07. The molecule has 1 aliphatic heterocycles. The van der Waals surface area contributed by atoms with Crippen LogP contribution in [0.25, 0.3) is 20.5 Å². The van der Waals surface area contributed by atoms with E-state index in [1.807, 2.05) is 48.5 Å². The molecule has 4 nitrogen and oxygen atoms in total. The van der Waals surface area contributed by atoms with Gasteiger partial charge in [0.25, 0.3) is 0 Å². The molecule has 0 spiro atoms. The summed E-state index contributed by atoms with van der Waals surface area (Å²) in [6.07, 6.45) is 2.60. The summed E-state index contributed by atoms with van der Waals surface area (Å²) in [5.41, 5.74) is 1.02. The Morgan fingerprint density at radius 3 is 2.32 bits per heavy atom. The van der Waals surface area contributed by atoms with Gasteiger partial charge in [-0.25, -0.2) is 0 Å². The number of ether oxygens (including phenoxy) is 2. The van der Waals surface area contributed by atoms with Crippen LogP contribution in [0.1, 0.15) is 12.8 Å². The number of phenols is 1. The summed E-state index contributed by atoms with van der Waals surface area (Å²) in [5, 5.41) is 10.7. The minimum absolute atomic E-state index is 0.257. The predicted molar refractivity (Wildman–Crippen MR) is 127 cm³/mol. The van der Waals surface area contributed by atoms with Crippen LogP contribution >= 0.6 is 11.3 Å². The fraction of sp³-hybridized carbons (Fsp3) is 0.231. The third-order valence-corrected chi connectivity index (χ3v) is 6.80. The minimum Gasteiger partial charge on any atom is -0.508 e. The molecule has 1 N–H and O–H groups in total. The maximum atomic E-state index is 9.65. The van der Waals surface area contributed by atoms with Gasteiger partial charge in [-0.1, -0.05) is 12.1 Å². The number of likely N-dealkylation sites (tertiary alicyclic amines) is 1. The van der Waals surface area contributed by atoms with Crippen LogP contribution in [0.4, 0.5) is 0 Å². The van der Waals surface area contributed by atoms with Gasteiger partial charge >= 0.3 is 0 Å². The monoisotopic (exact) mass is 431 g/mol. The molecule has 158 valence electrons. The number of nitrogens with zero attached hydrogens (tertiary/aromatic N) is 1. The fourth-order valence-corrected chi connectivity index (χ4v) is 5.08. The minimum atomic E-state index is 0.257. The number of hydrogen-bond donors (Lipinski definition) is 1. The Balaban J connectivity index is 1.34. The summed E-state index contributed by atoms with van der Waals surface area (Å²) < 4.78 is 13.5. The van der Waals surface area contributed by atoms with Gasteiger partial charge in [-0.05, 0) is 92.2 Å². The average molecular weight is 432 g/mol. The van der Waals surface area contributed by atoms with E-state index < -0.39 is 0 Å². The number of aromatic hydroxyl groups is 1. The van der Waals surface area contributed by atoms with Crippen molar-refractivity contribution < 1.29 is 14.6 Å². The molecule has 0 amide bonds. The highest BCUT2D eigenvalue weighted by molar-refractivity contribution is 7.22. The first kappa shape index (κ1) is 19.9. The number of benzene rings is 3. The average Bonchev–Trinajstić information content (AvgIpc) is 3.44. The molecule has 0 bridgehead atoms. The number of thiophene rings is 1. The van der Waals surface area contributed by atoms with Gasteiger partial charge in [0.15, 0.2) is 5.75 Å². The molecular weight excluding hydrogens is 406 g/mol. The van der Waals surface area contributed by atoms with Crippen LogP contribution in [0.2, 0.25) is 0 Å². The highest BCUT2D eigenvalue weighted by Gasteiger charge is 2.16. The van der Waals surface area contributed by atoms with E-state index in [4.69, 9.17) is 9.47 Å². The molecule has 31 heavy (non-hydrogen) atoms. The normalized spacial score (nSPS) is 14.2. The topological polar surface area (TPSA) is 41.9 Å². The van der Waals surface area contributed by atoms with Crippen LogP contribution in [0.3, 0.4) is 0 Å². The van der Waals surface area contributed by atoms with Gasteiger partial charge in [0.05, 0.1) is 4.88 Å². The lowest BCUT2D eigenvalue weighted by Crippen LogP contribution is -2.25. The van der Waals surface area contributed by atoms with E-state index in [9.17, 15) is 5.11 Å². The Bertz CT molecular complexity index is 1150. The maximum Gasteiger partial charge on any atom is 0.153 e. The SMILES string of the molecule is Oc1ccc(-c2sc3ccccc3c2Oc2ccc(OCCN3CCCC3)cc2)cc1. The number of fused-ring (bicyclic) bond motifs is 1. The third kappa shape index (κ3) is 4.53. The third-order valence-electron chi connectivity index (χ3n) is 5.60. The summed E-state index contributed by atoms with van der Waals surface area (Å²) in [6, 6.07) is 23.4. The molecule has 2 heterocycles. The van der Waals surface area contributed by atoms with Gasteiger partial charge in [-0.3, -0.25) is 4.90 Å². The van der Waals surface area contributed by atoms with Crippen molar-refractivity contribution in [3.63, 3.8) is 0 Å². The molecule has 0 atom stereocenters. The van der Waals surface area contributed by atoms with Crippen molar-refractivity contribution in [2.45, 2.75) is 12.8 Å². The standard InChI is InChI=1S/C26H25NO3S/c28-20-9-7-19(8-10-20)26-25(23-5-1-2-6-24(23)31-26)30-22-13-11-21(12-14-22)29-18-17-27-15-3-4-16-27/h1-2,5-14,28H,3-4,15-18H2. The van der Waals surface area contributed by atoms with E-state index >= 15 is 0 Å². The van der Waals surface area contributed by atoms with E-state index in [0.29, 0.717) is 6.61 Å². The fourth-order valence-electron chi connectivity index (χ4n) is 3.95. The molecule has 1 fully saturated rings. The first-order valence-corrected chi connectivity index (χ1v) is 11.5. The van der Waals surface area contributed by atoms with E-state index in [-0.39, 0.29) is 5.75 Å².